The van der Waals surface area contributed by atoms with Crippen molar-refractivity contribution in [2.45, 2.75) is 25.8 Å². The van der Waals surface area contributed by atoms with E-state index >= 15 is 0 Å². The van der Waals surface area contributed by atoms with Gasteiger partial charge < -0.3 is 10.6 Å². The summed E-state index contributed by atoms with van der Waals surface area (Å²) in [5, 5.41) is 2.13. The lowest BCUT2D eigenvalue weighted by atomic mass is 9.94. The van der Waals surface area contributed by atoms with Crippen molar-refractivity contribution in [3.05, 3.63) is 22.4 Å². The van der Waals surface area contributed by atoms with Crippen LogP contribution in [-0.2, 0) is 11.3 Å². The number of halogens is 2. The van der Waals surface area contributed by atoms with Crippen LogP contribution in [0.25, 0.3) is 0 Å². The zero-order chi connectivity index (χ0) is 14.7. The van der Waals surface area contributed by atoms with E-state index in [0.29, 0.717) is 18.4 Å². The first-order valence-corrected chi connectivity index (χ1v) is 8.89. The number of nitrogens with two attached hydrogens (primary N) is 1. The van der Waals surface area contributed by atoms with E-state index in [1.807, 2.05) is 11.3 Å². The maximum Gasteiger partial charge on any atom is 0.226 e. The second-order valence-electron chi connectivity index (χ2n) is 6.21. The zero-order valence-corrected chi connectivity index (χ0v) is 15.8. The smallest absolute Gasteiger partial charge is 0.226 e. The molecule has 1 aromatic heterocycles. The number of hydrogen-bond donors (Lipinski definition) is 1. The minimum atomic E-state index is 0. The number of carbonyl (C=O) groups is 1. The lowest BCUT2D eigenvalue weighted by molar-refractivity contribution is -0.138. The van der Waals surface area contributed by atoms with Crippen molar-refractivity contribution in [2.24, 2.45) is 17.6 Å². The Kier molecular flexibility index (Phi) is 8.86. The van der Waals surface area contributed by atoms with Crippen molar-refractivity contribution in [2.75, 3.05) is 32.7 Å². The summed E-state index contributed by atoms with van der Waals surface area (Å²) in [6.07, 6.45) is 3.33. The number of carbonyl (C=O) groups excluding carboxylic acids is 1. The Morgan fingerprint density at radius 3 is 2.57 bits per heavy atom. The normalized spacial score (nSPS) is 24.8. The van der Waals surface area contributed by atoms with Gasteiger partial charge in [0.2, 0.25) is 5.91 Å². The van der Waals surface area contributed by atoms with Crippen molar-refractivity contribution in [3.8, 4) is 0 Å². The molecule has 2 fully saturated rings. The van der Waals surface area contributed by atoms with Crippen LogP contribution in [0.2, 0.25) is 0 Å². The molecule has 0 bridgehead atoms. The van der Waals surface area contributed by atoms with Gasteiger partial charge in [-0.25, -0.2) is 0 Å². The summed E-state index contributed by atoms with van der Waals surface area (Å²) < 4.78 is 0. The summed E-state index contributed by atoms with van der Waals surface area (Å²) in [6, 6.07) is 4.29. The highest BCUT2D eigenvalue weighted by Crippen LogP contribution is 2.32. The predicted octanol–water partition coefficient (Wildman–Crippen LogP) is 2.61. The number of rotatable bonds is 4. The maximum atomic E-state index is 12.6. The fourth-order valence-corrected chi connectivity index (χ4v) is 4.37. The monoisotopic (exact) mass is 379 g/mol. The lowest BCUT2D eigenvalue weighted by Crippen LogP contribution is -2.50. The molecule has 0 aromatic carbocycles. The Morgan fingerprint density at radius 2 is 1.96 bits per heavy atom. The Bertz CT molecular complexity index is 464. The highest BCUT2D eigenvalue weighted by molar-refractivity contribution is 7.09. The van der Waals surface area contributed by atoms with Crippen LogP contribution < -0.4 is 5.73 Å². The predicted molar refractivity (Wildman–Crippen MR) is 101 cm³/mol. The Labute approximate surface area is 155 Å². The number of nitrogens with zero attached hydrogens (tertiary/aromatic N) is 2. The van der Waals surface area contributed by atoms with Gasteiger partial charge >= 0.3 is 0 Å². The molecule has 1 amide bonds. The summed E-state index contributed by atoms with van der Waals surface area (Å²) in [4.78, 5) is 18.6. The average Bonchev–Trinajstić information content (AvgIpc) is 3.18. The first-order valence-electron chi connectivity index (χ1n) is 8.01. The molecular weight excluding hydrogens is 353 g/mol. The molecule has 1 aliphatic carbocycles. The second-order valence-corrected chi connectivity index (χ2v) is 7.25. The van der Waals surface area contributed by atoms with E-state index in [2.05, 4.69) is 27.3 Å². The van der Waals surface area contributed by atoms with Crippen LogP contribution in [0.1, 0.15) is 24.1 Å². The zero-order valence-electron chi connectivity index (χ0n) is 13.4. The van der Waals surface area contributed by atoms with Gasteiger partial charge in [0.1, 0.15) is 0 Å². The first kappa shape index (κ1) is 20.7. The Balaban J connectivity index is 0.00000132. The van der Waals surface area contributed by atoms with E-state index in [4.69, 9.17) is 5.73 Å². The number of amides is 1. The molecular formula is C16H27Cl2N3OS. The van der Waals surface area contributed by atoms with Crippen LogP contribution in [-0.4, -0.2) is 48.4 Å². The third-order valence-corrected chi connectivity index (χ3v) is 5.78. The fourth-order valence-electron chi connectivity index (χ4n) is 3.63. The molecule has 0 unspecified atom stereocenters. The molecule has 1 saturated heterocycles. The third kappa shape index (κ3) is 5.07. The minimum absolute atomic E-state index is 0. The standard InChI is InChI=1S/C16H25N3OS.2ClH/c17-11-13-3-1-5-15(13)16(20)19-8-6-18(7-9-19)12-14-4-2-10-21-14;;/h2,4,10,13,15H,1,3,5-9,11-12,17H2;2*1H/t13-,15-;;/m1../s1. The van der Waals surface area contributed by atoms with Gasteiger partial charge in [-0.05, 0) is 36.8 Å². The van der Waals surface area contributed by atoms with Gasteiger partial charge in [0, 0.05) is 43.5 Å². The maximum absolute atomic E-state index is 12.6. The Hall–Kier alpha value is -0.330. The van der Waals surface area contributed by atoms with Crippen LogP contribution in [0.4, 0.5) is 0 Å². The van der Waals surface area contributed by atoms with E-state index in [1.54, 1.807) is 0 Å². The van der Waals surface area contributed by atoms with Gasteiger partial charge in [0.05, 0.1) is 0 Å². The SMILES string of the molecule is Cl.Cl.NC[C@H]1CCC[C@H]1C(=O)N1CCN(Cc2cccs2)CC1. The van der Waals surface area contributed by atoms with E-state index in [0.717, 1.165) is 52.0 Å². The van der Waals surface area contributed by atoms with Crippen LogP contribution >= 0.6 is 36.2 Å². The molecule has 2 aliphatic rings. The third-order valence-electron chi connectivity index (χ3n) is 4.92. The molecule has 1 aliphatic heterocycles. The van der Waals surface area contributed by atoms with Crippen molar-refractivity contribution in [3.63, 3.8) is 0 Å². The molecule has 4 nitrogen and oxygen atoms in total. The molecule has 1 aromatic rings. The van der Waals surface area contributed by atoms with Crippen LogP contribution in [0, 0.1) is 11.8 Å². The molecule has 0 radical (unpaired) electrons. The summed E-state index contributed by atoms with van der Waals surface area (Å²) in [5.74, 6) is 0.971. The lowest BCUT2D eigenvalue weighted by Gasteiger charge is -2.36. The molecule has 2 N–H and O–H groups in total. The molecule has 132 valence electrons. The van der Waals surface area contributed by atoms with Gasteiger partial charge in [0.15, 0.2) is 0 Å². The topological polar surface area (TPSA) is 49.6 Å². The molecule has 7 heteroatoms. The summed E-state index contributed by atoms with van der Waals surface area (Å²) in [6.45, 7) is 5.41. The molecule has 3 rings (SSSR count). The van der Waals surface area contributed by atoms with Crippen LogP contribution in [0.5, 0.6) is 0 Å². The largest absolute Gasteiger partial charge is 0.340 e. The van der Waals surface area contributed by atoms with Gasteiger partial charge in [-0.3, -0.25) is 9.69 Å². The number of thiophene rings is 1. The first-order chi connectivity index (χ1) is 10.3. The van der Waals surface area contributed by atoms with Gasteiger partial charge in [-0.2, -0.15) is 0 Å². The van der Waals surface area contributed by atoms with Gasteiger partial charge in [-0.15, -0.1) is 36.2 Å². The van der Waals surface area contributed by atoms with Gasteiger partial charge in [-0.1, -0.05) is 12.5 Å². The summed E-state index contributed by atoms with van der Waals surface area (Å²) in [5.41, 5.74) is 5.81. The van der Waals surface area contributed by atoms with E-state index in [1.165, 1.54) is 4.88 Å². The molecule has 1 saturated carbocycles. The number of piperazine rings is 1. The van der Waals surface area contributed by atoms with E-state index < -0.39 is 0 Å². The van der Waals surface area contributed by atoms with Crippen molar-refractivity contribution in [1.29, 1.82) is 0 Å². The van der Waals surface area contributed by atoms with Crippen molar-refractivity contribution < 1.29 is 4.79 Å². The van der Waals surface area contributed by atoms with Crippen LogP contribution in [0.15, 0.2) is 17.5 Å². The van der Waals surface area contributed by atoms with E-state index in [9.17, 15) is 4.79 Å². The second kappa shape index (κ2) is 9.84. The molecule has 2 atom stereocenters. The molecule has 23 heavy (non-hydrogen) atoms. The molecule has 0 spiro atoms. The number of hydrogen-bond acceptors (Lipinski definition) is 4. The summed E-state index contributed by atoms with van der Waals surface area (Å²) >= 11 is 1.81. The minimum Gasteiger partial charge on any atom is -0.340 e. The van der Waals surface area contributed by atoms with Crippen molar-refractivity contribution >= 4 is 42.1 Å². The average molecular weight is 380 g/mol. The Morgan fingerprint density at radius 1 is 1.22 bits per heavy atom. The van der Waals surface area contributed by atoms with E-state index in [-0.39, 0.29) is 30.7 Å². The summed E-state index contributed by atoms with van der Waals surface area (Å²) in [7, 11) is 0. The fraction of sp³-hybridized carbons (Fsp3) is 0.688. The van der Waals surface area contributed by atoms with Gasteiger partial charge in [0.25, 0.3) is 0 Å². The highest BCUT2D eigenvalue weighted by Gasteiger charge is 2.35. The highest BCUT2D eigenvalue weighted by atomic mass is 35.5. The van der Waals surface area contributed by atoms with Crippen LogP contribution in [0.3, 0.4) is 0 Å². The molecule has 2 heterocycles. The quantitative estimate of drug-likeness (QED) is 0.874. The van der Waals surface area contributed by atoms with Crippen molar-refractivity contribution in [1.82, 2.24) is 9.80 Å².